The summed E-state index contributed by atoms with van der Waals surface area (Å²) in [6.07, 6.45) is 0.514. The number of nitrogens with two attached hydrogens (primary N) is 4. The quantitative estimate of drug-likeness (QED) is 0.0297. The molecule has 2 aromatic rings. The van der Waals surface area contributed by atoms with Crippen LogP contribution in [0.4, 0.5) is 0 Å². The van der Waals surface area contributed by atoms with Crippen molar-refractivity contribution in [3.05, 3.63) is 70.8 Å². The Morgan fingerprint density at radius 1 is 0.529 bits per heavy atom. The Labute approximate surface area is 299 Å². The van der Waals surface area contributed by atoms with Gasteiger partial charge in [0.1, 0.15) is 11.7 Å². The maximum atomic E-state index is 12.1. The van der Waals surface area contributed by atoms with Crippen LogP contribution in [0.15, 0.2) is 68.9 Å². The van der Waals surface area contributed by atoms with Gasteiger partial charge in [-0.1, -0.05) is 48.5 Å². The van der Waals surface area contributed by atoms with Crippen LogP contribution in [0.3, 0.4) is 0 Å². The number of amidine groups is 4. The third kappa shape index (κ3) is 21.0. The van der Waals surface area contributed by atoms with Gasteiger partial charge in [0.25, 0.3) is 0 Å². The average molecular weight is 712 g/mol. The summed E-state index contributed by atoms with van der Waals surface area (Å²) >= 11 is 0. The number of carbonyl (C=O) groups excluding carboxylic acids is 2. The first-order valence-electron chi connectivity index (χ1n) is 16.6. The minimum atomic E-state index is -0.103. The second kappa shape index (κ2) is 25.9. The van der Waals surface area contributed by atoms with Gasteiger partial charge in [-0.05, 0) is 25.0 Å². The Morgan fingerprint density at radius 3 is 1.24 bits per heavy atom. The lowest BCUT2D eigenvalue weighted by atomic mass is 10.1. The zero-order chi connectivity index (χ0) is 37.1. The van der Waals surface area contributed by atoms with Crippen LogP contribution in [0, 0.1) is 0 Å². The van der Waals surface area contributed by atoms with Crippen molar-refractivity contribution in [2.24, 2.45) is 43.3 Å². The molecule has 17 heteroatoms. The summed E-state index contributed by atoms with van der Waals surface area (Å²) in [6, 6.07) is 14.7. The van der Waals surface area contributed by atoms with E-state index in [4.69, 9.17) is 41.9 Å². The molecule has 0 aliphatic rings. The minimum absolute atomic E-state index is 0.103. The zero-order valence-corrected chi connectivity index (χ0v) is 29.6. The lowest BCUT2D eigenvalue weighted by molar-refractivity contribution is -0.123. The van der Waals surface area contributed by atoms with Gasteiger partial charge in [0.05, 0.1) is 52.9 Å². The maximum Gasteiger partial charge on any atom is 0.222 e. The van der Waals surface area contributed by atoms with Gasteiger partial charge in [-0.3, -0.25) is 9.59 Å². The molecule has 0 aliphatic heterocycles. The summed E-state index contributed by atoms with van der Waals surface area (Å²) in [5, 5.41) is 24.1. The molecule has 2 aromatic carbocycles. The molecule has 0 aliphatic carbocycles. The third-order valence-electron chi connectivity index (χ3n) is 6.65. The smallest absolute Gasteiger partial charge is 0.222 e. The van der Waals surface area contributed by atoms with Gasteiger partial charge in [0.2, 0.25) is 11.8 Å². The van der Waals surface area contributed by atoms with Crippen molar-refractivity contribution in [3.8, 4) is 0 Å². The third-order valence-corrected chi connectivity index (χ3v) is 6.65. The number of rotatable bonds is 26. The number of nitrogens with one attached hydrogen (secondary N) is 3. The monoisotopic (exact) mass is 711 g/mol. The first-order valence-corrected chi connectivity index (χ1v) is 16.6. The van der Waals surface area contributed by atoms with E-state index in [1.807, 2.05) is 48.5 Å². The minimum Gasteiger partial charge on any atom is -0.386 e. The van der Waals surface area contributed by atoms with E-state index in [0.717, 1.165) is 11.1 Å². The van der Waals surface area contributed by atoms with Crippen LogP contribution in [-0.2, 0) is 41.6 Å². The molecule has 2 amide bonds. The topological polar surface area (TPSA) is 261 Å². The molecular formula is C34H53N11O6. The number of hydrogen-bond acceptors (Lipinski definition) is 11. The molecule has 0 radical (unpaired) electrons. The van der Waals surface area contributed by atoms with Crippen LogP contribution in [0.5, 0.6) is 0 Å². The van der Waals surface area contributed by atoms with Crippen molar-refractivity contribution in [1.29, 1.82) is 0 Å². The Hall–Kier alpha value is -4.94. The van der Waals surface area contributed by atoms with Crippen molar-refractivity contribution in [2.75, 3.05) is 65.9 Å². The highest BCUT2D eigenvalue weighted by Crippen LogP contribution is 2.06. The van der Waals surface area contributed by atoms with Gasteiger partial charge >= 0.3 is 0 Å². The van der Waals surface area contributed by atoms with E-state index in [0.29, 0.717) is 102 Å². The fourth-order valence-corrected chi connectivity index (χ4v) is 3.93. The number of benzene rings is 2. The first-order chi connectivity index (χ1) is 24.6. The number of ether oxygens (including phenoxy) is 4. The van der Waals surface area contributed by atoms with Crippen LogP contribution in [0.2, 0.25) is 0 Å². The standard InChI is InChI=1S/C34H53N11O6/c1-25(35)42-44-33(37)29-7-3-27(4-8-29)23-40-31(46)11-15-48-19-21-50-17-13-39-14-18-51-22-20-49-16-12-32(47)41-24-28-5-9-30(10-6-28)34(38)45-43-26(2)36/h3-10,39H,11-24H2,1-2H3,(H2,35,42)(H2,36,43)(H2,37,44)(H2,38,45)(H,40,46)(H,41,47). The molecule has 280 valence electrons. The summed E-state index contributed by atoms with van der Waals surface area (Å²) in [5.74, 6) is 0.951. The Morgan fingerprint density at radius 2 is 0.882 bits per heavy atom. The van der Waals surface area contributed by atoms with Gasteiger partial charge in [-0.2, -0.15) is 0 Å². The van der Waals surface area contributed by atoms with Gasteiger partial charge in [-0.25, -0.2) is 0 Å². The van der Waals surface area contributed by atoms with Crippen LogP contribution in [0.1, 0.15) is 48.9 Å². The van der Waals surface area contributed by atoms with Gasteiger partial charge < -0.3 is 57.8 Å². The number of carbonyl (C=O) groups is 2. The summed E-state index contributed by atoms with van der Waals surface area (Å²) in [7, 11) is 0. The van der Waals surface area contributed by atoms with Crippen molar-refractivity contribution in [3.63, 3.8) is 0 Å². The second-order valence-electron chi connectivity index (χ2n) is 11.1. The van der Waals surface area contributed by atoms with Crippen molar-refractivity contribution < 1.29 is 28.5 Å². The molecule has 17 nitrogen and oxygen atoms in total. The van der Waals surface area contributed by atoms with Crippen molar-refractivity contribution in [1.82, 2.24) is 16.0 Å². The van der Waals surface area contributed by atoms with E-state index in [2.05, 4.69) is 36.4 Å². The molecule has 0 bridgehead atoms. The lowest BCUT2D eigenvalue weighted by Gasteiger charge is -2.09. The molecule has 0 saturated heterocycles. The summed E-state index contributed by atoms with van der Waals surface area (Å²) in [4.78, 5) is 24.2. The number of amides is 2. The Bertz CT molecular complexity index is 1320. The molecule has 0 fully saturated rings. The second-order valence-corrected chi connectivity index (χ2v) is 11.1. The summed E-state index contributed by atoms with van der Waals surface area (Å²) in [5.41, 5.74) is 25.9. The van der Waals surface area contributed by atoms with Crippen LogP contribution in [0.25, 0.3) is 0 Å². The van der Waals surface area contributed by atoms with Gasteiger partial charge in [-0.15, -0.1) is 20.4 Å². The molecule has 0 atom stereocenters. The number of hydrogen-bond donors (Lipinski definition) is 7. The molecule has 2 rings (SSSR count). The summed E-state index contributed by atoms with van der Waals surface area (Å²) < 4.78 is 22.0. The molecule has 51 heavy (non-hydrogen) atoms. The fourth-order valence-electron chi connectivity index (χ4n) is 3.93. The van der Waals surface area contributed by atoms with Crippen LogP contribution in [-0.4, -0.2) is 101 Å². The van der Waals surface area contributed by atoms with E-state index < -0.39 is 0 Å². The molecular weight excluding hydrogens is 658 g/mol. The molecule has 0 aromatic heterocycles. The Kier molecular flexibility index (Phi) is 21.5. The molecule has 11 N–H and O–H groups in total. The van der Waals surface area contributed by atoms with Crippen LogP contribution < -0.4 is 38.9 Å². The SMILES string of the molecule is C/C(N)=N/N=C(\N)c1ccc(CNC(=O)CCOCCOCCNCCOCCOCCC(=O)NCc2ccc(/C(N)=N/N=C(/C)N)cc2)cc1. The highest BCUT2D eigenvalue weighted by Gasteiger charge is 2.05. The van der Waals surface area contributed by atoms with E-state index in [-0.39, 0.29) is 36.3 Å². The average Bonchev–Trinajstić information content (AvgIpc) is 3.12. The van der Waals surface area contributed by atoms with Crippen molar-refractivity contribution >= 4 is 35.2 Å². The fraction of sp³-hybridized carbons (Fsp3) is 0.471. The van der Waals surface area contributed by atoms with E-state index in [1.165, 1.54) is 0 Å². The molecule has 0 saturated carbocycles. The predicted molar refractivity (Wildman–Crippen MR) is 198 cm³/mol. The van der Waals surface area contributed by atoms with E-state index in [1.54, 1.807) is 13.8 Å². The molecule has 0 spiro atoms. The summed E-state index contributed by atoms with van der Waals surface area (Å²) in [6.45, 7) is 8.76. The maximum absolute atomic E-state index is 12.1. The van der Waals surface area contributed by atoms with Crippen LogP contribution >= 0.6 is 0 Å². The lowest BCUT2D eigenvalue weighted by Crippen LogP contribution is -2.26. The zero-order valence-electron chi connectivity index (χ0n) is 29.6. The highest BCUT2D eigenvalue weighted by molar-refractivity contribution is 5.98. The first kappa shape index (κ1) is 42.2. The normalized spacial score (nSPS) is 12.6. The molecule has 0 unspecified atom stereocenters. The van der Waals surface area contributed by atoms with Crippen molar-refractivity contribution in [2.45, 2.75) is 39.8 Å². The largest absolute Gasteiger partial charge is 0.386 e. The Balaban J connectivity index is 1.35. The van der Waals surface area contributed by atoms with Gasteiger partial charge in [0.15, 0.2) is 11.7 Å². The van der Waals surface area contributed by atoms with Gasteiger partial charge in [0, 0.05) is 50.1 Å². The van der Waals surface area contributed by atoms with E-state index >= 15 is 0 Å². The number of nitrogens with zero attached hydrogens (tertiary/aromatic N) is 4. The van der Waals surface area contributed by atoms with E-state index in [9.17, 15) is 9.59 Å². The predicted octanol–water partition coefficient (Wildman–Crippen LogP) is 0.0502. The highest BCUT2D eigenvalue weighted by atomic mass is 16.5. The molecule has 0 heterocycles.